The lowest BCUT2D eigenvalue weighted by atomic mass is 10.1. The Morgan fingerprint density at radius 2 is 1.94 bits per heavy atom. The average molecular weight is 229 g/mol. The number of aliphatic hydroxyl groups excluding tert-OH is 1. The van der Waals surface area contributed by atoms with Gasteiger partial charge in [0.2, 0.25) is 0 Å². The molecule has 1 atom stereocenters. The molecule has 0 aliphatic heterocycles. The summed E-state index contributed by atoms with van der Waals surface area (Å²) in [6.07, 6.45) is 3.39. The molecule has 1 unspecified atom stereocenters. The summed E-state index contributed by atoms with van der Waals surface area (Å²) in [6.45, 7) is 2.09. The zero-order chi connectivity index (χ0) is 12.1. The van der Waals surface area contributed by atoms with E-state index in [9.17, 15) is 5.11 Å². The van der Waals surface area contributed by atoms with Crippen molar-refractivity contribution in [3.8, 4) is 0 Å². The van der Waals surface area contributed by atoms with Gasteiger partial charge in [-0.2, -0.15) is 0 Å². The predicted octanol–water partition coefficient (Wildman–Crippen LogP) is 3.33. The molecular formula is C15H19NO. The Morgan fingerprint density at radius 3 is 2.76 bits per heavy atom. The van der Waals surface area contributed by atoms with Gasteiger partial charge in [0.15, 0.2) is 0 Å². The second kappa shape index (κ2) is 5.78. The molecule has 0 saturated heterocycles. The first kappa shape index (κ1) is 12.1. The minimum Gasteiger partial charge on any atom is -0.393 e. The van der Waals surface area contributed by atoms with Crippen LogP contribution in [0.2, 0.25) is 0 Å². The van der Waals surface area contributed by atoms with Crippen LogP contribution in [0.4, 0.5) is 0 Å². The molecular weight excluding hydrogens is 210 g/mol. The van der Waals surface area contributed by atoms with Gasteiger partial charge in [0, 0.05) is 11.1 Å². The standard InChI is InChI=1S/C15H19NO/c1-2-5-14(17)11-10-13-9-8-12-6-3-4-7-15(12)16-13/h3-4,6-9,14,17H,2,5,10-11H2,1H3. The molecule has 2 heteroatoms. The first-order chi connectivity index (χ1) is 8.29. The number of para-hydroxylation sites is 1. The van der Waals surface area contributed by atoms with Crippen molar-refractivity contribution >= 4 is 10.9 Å². The SMILES string of the molecule is CCCC(O)CCc1ccc2ccccc2n1. The number of hydrogen-bond donors (Lipinski definition) is 1. The fourth-order valence-electron chi connectivity index (χ4n) is 2.04. The molecule has 2 nitrogen and oxygen atoms in total. The van der Waals surface area contributed by atoms with Crippen LogP contribution in [0.15, 0.2) is 36.4 Å². The zero-order valence-corrected chi connectivity index (χ0v) is 10.3. The number of rotatable bonds is 5. The van der Waals surface area contributed by atoms with Gasteiger partial charge in [0.25, 0.3) is 0 Å². The van der Waals surface area contributed by atoms with Crippen molar-refractivity contribution in [2.24, 2.45) is 0 Å². The van der Waals surface area contributed by atoms with E-state index in [0.717, 1.165) is 36.9 Å². The van der Waals surface area contributed by atoms with E-state index in [4.69, 9.17) is 0 Å². The molecule has 1 heterocycles. The second-order valence-electron chi connectivity index (χ2n) is 4.48. The first-order valence-corrected chi connectivity index (χ1v) is 6.32. The molecule has 1 N–H and O–H groups in total. The number of nitrogens with zero attached hydrogens (tertiary/aromatic N) is 1. The number of aryl methyl sites for hydroxylation is 1. The maximum Gasteiger partial charge on any atom is 0.0705 e. The van der Waals surface area contributed by atoms with E-state index in [1.165, 1.54) is 5.39 Å². The van der Waals surface area contributed by atoms with E-state index in [-0.39, 0.29) is 6.10 Å². The van der Waals surface area contributed by atoms with Gasteiger partial charge in [0.1, 0.15) is 0 Å². The summed E-state index contributed by atoms with van der Waals surface area (Å²) >= 11 is 0. The molecule has 90 valence electrons. The lowest BCUT2D eigenvalue weighted by Gasteiger charge is -2.08. The Hall–Kier alpha value is -1.41. The van der Waals surface area contributed by atoms with E-state index < -0.39 is 0 Å². The van der Waals surface area contributed by atoms with Crippen molar-refractivity contribution in [1.29, 1.82) is 0 Å². The molecule has 0 saturated carbocycles. The lowest BCUT2D eigenvalue weighted by molar-refractivity contribution is 0.153. The third kappa shape index (κ3) is 3.27. The Morgan fingerprint density at radius 1 is 1.12 bits per heavy atom. The van der Waals surface area contributed by atoms with E-state index in [1.807, 2.05) is 18.2 Å². The molecule has 0 bridgehead atoms. The molecule has 0 amide bonds. The second-order valence-corrected chi connectivity index (χ2v) is 4.48. The summed E-state index contributed by atoms with van der Waals surface area (Å²) < 4.78 is 0. The van der Waals surface area contributed by atoms with Gasteiger partial charge in [-0.3, -0.25) is 4.98 Å². The van der Waals surface area contributed by atoms with Crippen molar-refractivity contribution in [2.75, 3.05) is 0 Å². The number of hydrogen-bond acceptors (Lipinski definition) is 2. The monoisotopic (exact) mass is 229 g/mol. The van der Waals surface area contributed by atoms with Gasteiger partial charge in [-0.15, -0.1) is 0 Å². The normalized spacial score (nSPS) is 12.8. The van der Waals surface area contributed by atoms with Gasteiger partial charge >= 0.3 is 0 Å². The molecule has 0 aliphatic rings. The zero-order valence-electron chi connectivity index (χ0n) is 10.3. The summed E-state index contributed by atoms with van der Waals surface area (Å²) in [5.41, 5.74) is 2.11. The number of fused-ring (bicyclic) bond motifs is 1. The minimum absolute atomic E-state index is 0.187. The molecule has 0 aliphatic carbocycles. The smallest absolute Gasteiger partial charge is 0.0705 e. The van der Waals surface area contributed by atoms with Crippen LogP contribution in [0.5, 0.6) is 0 Å². The summed E-state index contributed by atoms with van der Waals surface area (Å²) in [7, 11) is 0. The van der Waals surface area contributed by atoms with Crippen LogP contribution in [0.1, 0.15) is 31.9 Å². The molecule has 17 heavy (non-hydrogen) atoms. The Bertz CT molecular complexity index is 481. The van der Waals surface area contributed by atoms with E-state index in [1.54, 1.807) is 0 Å². The molecule has 0 fully saturated rings. The highest BCUT2D eigenvalue weighted by Crippen LogP contribution is 2.13. The highest BCUT2D eigenvalue weighted by molar-refractivity contribution is 5.78. The molecule has 2 rings (SSSR count). The van der Waals surface area contributed by atoms with Crippen LogP contribution in [-0.4, -0.2) is 16.2 Å². The average Bonchev–Trinajstić information content (AvgIpc) is 2.36. The Labute approximate surface area is 102 Å². The molecule has 1 aromatic carbocycles. The van der Waals surface area contributed by atoms with Gasteiger partial charge < -0.3 is 5.11 Å². The van der Waals surface area contributed by atoms with Crippen LogP contribution in [0.3, 0.4) is 0 Å². The van der Waals surface area contributed by atoms with Gasteiger partial charge in [-0.25, -0.2) is 0 Å². The van der Waals surface area contributed by atoms with Crippen molar-refractivity contribution < 1.29 is 5.11 Å². The molecule has 0 radical (unpaired) electrons. The van der Waals surface area contributed by atoms with Crippen molar-refractivity contribution in [3.63, 3.8) is 0 Å². The van der Waals surface area contributed by atoms with Crippen LogP contribution in [0, 0.1) is 0 Å². The summed E-state index contributed by atoms with van der Waals surface area (Å²) in [4.78, 5) is 4.60. The topological polar surface area (TPSA) is 33.1 Å². The quantitative estimate of drug-likeness (QED) is 0.853. The summed E-state index contributed by atoms with van der Waals surface area (Å²) in [5.74, 6) is 0. The largest absolute Gasteiger partial charge is 0.393 e. The number of aliphatic hydroxyl groups is 1. The van der Waals surface area contributed by atoms with Crippen LogP contribution >= 0.6 is 0 Å². The fourth-order valence-corrected chi connectivity index (χ4v) is 2.04. The van der Waals surface area contributed by atoms with E-state index in [0.29, 0.717) is 0 Å². The first-order valence-electron chi connectivity index (χ1n) is 6.32. The van der Waals surface area contributed by atoms with Gasteiger partial charge in [-0.05, 0) is 31.4 Å². The maximum atomic E-state index is 9.70. The van der Waals surface area contributed by atoms with E-state index in [2.05, 4.69) is 30.1 Å². The number of pyridine rings is 1. The van der Waals surface area contributed by atoms with Crippen molar-refractivity contribution in [3.05, 3.63) is 42.1 Å². The number of aromatic nitrogens is 1. The molecule has 1 aromatic heterocycles. The van der Waals surface area contributed by atoms with Crippen LogP contribution in [0.25, 0.3) is 10.9 Å². The third-order valence-corrected chi connectivity index (χ3v) is 3.01. The number of benzene rings is 1. The summed E-state index contributed by atoms with van der Waals surface area (Å²) in [6, 6.07) is 12.3. The molecule has 2 aromatic rings. The van der Waals surface area contributed by atoms with Crippen LogP contribution in [-0.2, 0) is 6.42 Å². The van der Waals surface area contributed by atoms with Crippen LogP contribution < -0.4 is 0 Å². The van der Waals surface area contributed by atoms with Crippen molar-refractivity contribution in [2.45, 2.75) is 38.7 Å². The Kier molecular flexibility index (Phi) is 4.10. The Balaban J connectivity index is 2.04. The van der Waals surface area contributed by atoms with Crippen molar-refractivity contribution in [1.82, 2.24) is 4.98 Å². The van der Waals surface area contributed by atoms with Gasteiger partial charge in [0.05, 0.1) is 11.6 Å². The third-order valence-electron chi connectivity index (χ3n) is 3.01. The predicted molar refractivity (Wildman–Crippen MR) is 71.0 cm³/mol. The van der Waals surface area contributed by atoms with Gasteiger partial charge in [-0.1, -0.05) is 37.6 Å². The lowest BCUT2D eigenvalue weighted by Crippen LogP contribution is -2.07. The molecule has 0 spiro atoms. The minimum atomic E-state index is -0.187. The highest BCUT2D eigenvalue weighted by atomic mass is 16.3. The maximum absolute atomic E-state index is 9.70. The fraction of sp³-hybridized carbons (Fsp3) is 0.400. The summed E-state index contributed by atoms with van der Waals surface area (Å²) in [5, 5.41) is 10.9. The highest BCUT2D eigenvalue weighted by Gasteiger charge is 2.04. The van der Waals surface area contributed by atoms with E-state index >= 15 is 0 Å².